The molecule has 0 fully saturated rings. The van der Waals surface area contributed by atoms with Gasteiger partial charge in [-0.15, -0.1) is 0 Å². The van der Waals surface area contributed by atoms with E-state index in [-0.39, 0.29) is 37.7 Å². The van der Waals surface area contributed by atoms with Gasteiger partial charge in [-0.25, -0.2) is 12.8 Å². The Labute approximate surface area is 208 Å². The predicted octanol–water partition coefficient (Wildman–Crippen LogP) is 3.93. The van der Waals surface area contributed by atoms with Gasteiger partial charge in [0.25, 0.3) is 0 Å². The highest BCUT2D eigenvalue weighted by molar-refractivity contribution is 7.92. The molecule has 2 amide bonds. The number of carbonyl (C=O) groups excluding carboxylic acids is 2. The number of benzene rings is 2. The van der Waals surface area contributed by atoms with Crippen molar-refractivity contribution in [1.29, 1.82) is 0 Å². The molecule has 1 atom stereocenters. The number of rotatable bonds is 12. The Morgan fingerprint density at radius 2 is 1.71 bits per heavy atom. The lowest BCUT2D eigenvalue weighted by atomic mass is 10.1. The number of sulfonamides is 1. The van der Waals surface area contributed by atoms with E-state index in [9.17, 15) is 22.4 Å². The van der Waals surface area contributed by atoms with Gasteiger partial charge >= 0.3 is 0 Å². The molecule has 1 N–H and O–H groups in total. The third kappa shape index (κ3) is 8.35. The molecule has 2 rings (SSSR count). The zero-order chi connectivity index (χ0) is 26.2. The number of nitrogens with one attached hydrogen (secondary N) is 1. The molecule has 2 aromatic carbocycles. The number of amides is 2. The van der Waals surface area contributed by atoms with Crippen molar-refractivity contribution in [2.24, 2.45) is 0 Å². The standard InChI is InChI=1S/C26H36FN3O4S/c1-6-13-28-26(32)21(4)29(18-22-10-7-8-11-24(22)27)25(31)12-9-14-30(35(5,33)34)23-16-19(2)15-20(3)17-23/h7-8,10-11,15-17,21H,6,9,12-14,18H2,1-5H3,(H,28,32)/t21-/m0/s1. The van der Waals surface area contributed by atoms with Gasteiger partial charge < -0.3 is 10.2 Å². The number of aryl methyl sites for hydroxylation is 2. The van der Waals surface area contributed by atoms with Gasteiger partial charge in [0.15, 0.2) is 0 Å². The smallest absolute Gasteiger partial charge is 0.242 e. The minimum absolute atomic E-state index is 0.0106. The summed E-state index contributed by atoms with van der Waals surface area (Å²) in [6.45, 7) is 7.86. The van der Waals surface area contributed by atoms with E-state index in [1.54, 1.807) is 37.3 Å². The molecule has 7 nitrogen and oxygen atoms in total. The normalized spacial score (nSPS) is 12.2. The van der Waals surface area contributed by atoms with Gasteiger partial charge in [0.1, 0.15) is 11.9 Å². The van der Waals surface area contributed by atoms with Crippen LogP contribution in [0.2, 0.25) is 0 Å². The first kappa shape index (κ1) is 28.3. The first-order valence-corrected chi connectivity index (χ1v) is 13.7. The van der Waals surface area contributed by atoms with Gasteiger partial charge in [0.2, 0.25) is 21.8 Å². The summed E-state index contributed by atoms with van der Waals surface area (Å²) in [7, 11) is -3.57. The molecule has 192 valence electrons. The SMILES string of the molecule is CCCNC(=O)[C@H](C)N(Cc1ccccc1F)C(=O)CCCN(c1cc(C)cc(C)c1)S(C)(=O)=O. The number of hydrogen-bond acceptors (Lipinski definition) is 4. The Morgan fingerprint density at radius 3 is 2.29 bits per heavy atom. The van der Waals surface area contributed by atoms with Gasteiger partial charge in [-0.3, -0.25) is 13.9 Å². The molecule has 0 bridgehead atoms. The summed E-state index contributed by atoms with van der Waals surface area (Å²) >= 11 is 0. The number of anilines is 1. The fraction of sp³-hybridized carbons (Fsp3) is 0.462. The lowest BCUT2D eigenvalue weighted by Gasteiger charge is -2.29. The van der Waals surface area contributed by atoms with Crippen molar-refractivity contribution in [3.63, 3.8) is 0 Å². The molecule has 0 saturated heterocycles. The lowest BCUT2D eigenvalue weighted by molar-refractivity contribution is -0.140. The van der Waals surface area contributed by atoms with E-state index in [0.717, 1.165) is 23.8 Å². The predicted molar refractivity (Wildman–Crippen MR) is 137 cm³/mol. The average molecular weight is 506 g/mol. The van der Waals surface area contributed by atoms with E-state index < -0.39 is 21.9 Å². The summed E-state index contributed by atoms with van der Waals surface area (Å²) in [5.41, 5.74) is 2.73. The lowest BCUT2D eigenvalue weighted by Crippen LogP contribution is -2.48. The third-order valence-corrected chi connectivity index (χ3v) is 6.86. The first-order chi connectivity index (χ1) is 16.4. The quantitative estimate of drug-likeness (QED) is 0.474. The van der Waals surface area contributed by atoms with Crippen LogP contribution in [0.4, 0.5) is 10.1 Å². The molecule has 0 radical (unpaired) electrons. The Bertz CT molecular complexity index is 1120. The molecule has 0 spiro atoms. The summed E-state index contributed by atoms with van der Waals surface area (Å²) in [5.74, 6) is -1.12. The Hall–Kier alpha value is -2.94. The molecule has 35 heavy (non-hydrogen) atoms. The Kier molecular flexibility index (Phi) is 10.2. The molecule has 0 aromatic heterocycles. The molecular weight excluding hydrogens is 469 g/mol. The van der Waals surface area contributed by atoms with Crippen LogP contribution in [0.25, 0.3) is 0 Å². The van der Waals surface area contributed by atoms with Crippen molar-refractivity contribution in [2.75, 3.05) is 23.7 Å². The maximum Gasteiger partial charge on any atom is 0.242 e. The van der Waals surface area contributed by atoms with Crippen molar-refractivity contribution in [3.8, 4) is 0 Å². The largest absolute Gasteiger partial charge is 0.354 e. The maximum atomic E-state index is 14.3. The van der Waals surface area contributed by atoms with Crippen LogP contribution in [-0.2, 0) is 26.2 Å². The zero-order valence-corrected chi connectivity index (χ0v) is 22.0. The monoisotopic (exact) mass is 505 g/mol. The van der Waals surface area contributed by atoms with Gasteiger partial charge in [0, 0.05) is 31.6 Å². The fourth-order valence-corrected chi connectivity index (χ4v) is 4.84. The highest BCUT2D eigenvalue weighted by Crippen LogP contribution is 2.22. The summed E-state index contributed by atoms with van der Waals surface area (Å²) in [6.07, 6.45) is 2.14. The van der Waals surface area contributed by atoms with Crippen molar-refractivity contribution < 1.29 is 22.4 Å². The molecule has 0 aliphatic heterocycles. The topological polar surface area (TPSA) is 86.8 Å². The number of halogens is 1. The highest BCUT2D eigenvalue weighted by Gasteiger charge is 2.27. The zero-order valence-electron chi connectivity index (χ0n) is 21.2. The van der Waals surface area contributed by atoms with Crippen LogP contribution in [0.15, 0.2) is 42.5 Å². The second kappa shape index (κ2) is 12.7. The second-order valence-corrected chi connectivity index (χ2v) is 10.8. The maximum absolute atomic E-state index is 14.3. The fourth-order valence-electron chi connectivity index (χ4n) is 3.89. The third-order valence-electron chi connectivity index (χ3n) is 5.66. The van der Waals surface area contributed by atoms with E-state index in [2.05, 4.69) is 5.32 Å². The van der Waals surface area contributed by atoms with Crippen molar-refractivity contribution >= 4 is 27.5 Å². The summed E-state index contributed by atoms with van der Waals surface area (Å²) in [5, 5.41) is 2.78. The molecule has 0 heterocycles. The number of hydrogen-bond donors (Lipinski definition) is 1. The Morgan fingerprint density at radius 1 is 1.09 bits per heavy atom. The minimum Gasteiger partial charge on any atom is -0.354 e. The van der Waals surface area contributed by atoms with Crippen molar-refractivity contribution in [2.45, 2.75) is 59.5 Å². The molecule has 0 aliphatic rings. The van der Waals surface area contributed by atoms with Gasteiger partial charge in [0.05, 0.1) is 11.9 Å². The average Bonchev–Trinajstić information content (AvgIpc) is 2.77. The van der Waals surface area contributed by atoms with Crippen molar-refractivity contribution in [1.82, 2.24) is 10.2 Å². The summed E-state index contributed by atoms with van der Waals surface area (Å²) in [4.78, 5) is 27.2. The van der Waals surface area contributed by atoms with Crippen LogP contribution in [0, 0.1) is 19.7 Å². The molecule has 0 aliphatic carbocycles. The van der Waals surface area contributed by atoms with Crippen LogP contribution in [0.1, 0.15) is 49.8 Å². The first-order valence-electron chi connectivity index (χ1n) is 11.8. The summed E-state index contributed by atoms with van der Waals surface area (Å²) < 4.78 is 40.6. The van der Waals surface area contributed by atoms with Crippen LogP contribution in [-0.4, -0.2) is 50.5 Å². The van der Waals surface area contributed by atoms with Gasteiger partial charge in [-0.2, -0.15) is 0 Å². The molecule has 0 unspecified atom stereocenters. The summed E-state index contributed by atoms with van der Waals surface area (Å²) in [6, 6.07) is 10.9. The minimum atomic E-state index is -3.57. The van der Waals surface area contributed by atoms with Crippen LogP contribution >= 0.6 is 0 Å². The van der Waals surface area contributed by atoms with Crippen LogP contribution in [0.5, 0.6) is 0 Å². The van der Waals surface area contributed by atoms with Gasteiger partial charge in [-0.1, -0.05) is 31.2 Å². The molecule has 9 heteroatoms. The van der Waals surface area contributed by atoms with E-state index >= 15 is 0 Å². The highest BCUT2D eigenvalue weighted by atomic mass is 32.2. The number of carbonyl (C=O) groups is 2. The number of nitrogens with zero attached hydrogens (tertiary/aromatic N) is 2. The van der Waals surface area contributed by atoms with Crippen LogP contribution in [0.3, 0.4) is 0 Å². The second-order valence-electron chi connectivity index (χ2n) is 8.86. The van der Waals surface area contributed by atoms with E-state index in [4.69, 9.17) is 0 Å². The van der Waals surface area contributed by atoms with E-state index in [0.29, 0.717) is 17.8 Å². The van der Waals surface area contributed by atoms with E-state index in [1.807, 2.05) is 26.8 Å². The van der Waals surface area contributed by atoms with E-state index in [1.165, 1.54) is 15.3 Å². The van der Waals surface area contributed by atoms with Gasteiger partial charge in [-0.05, 0) is 62.9 Å². The van der Waals surface area contributed by atoms with Crippen LogP contribution < -0.4 is 9.62 Å². The van der Waals surface area contributed by atoms with Crippen molar-refractivity contribution in [3.05, 3.63) is 65.0 Å². The molecule has 0 saturated carbocycles. The molecular formula is C26H36FN3O4S. The molecule has 2 aromatic rings. The Balaban J connectivity index is 2.19.